The van der Waals surface area contributed by atoms with Crippen LogP contribution in [0.25, 0.3) is 0 Å². The maximum Gasteiger partial charge on any atom is 0.264 e. The van der Waals surface area contributed by atoms with Gasteiger partial charge in [0.1, 0.15) is 12.4 Å². The monoisotopic (exact) mass is 410 g/mol. The first-order valence-corrected chi connectivity index (χ1v) is 10.4. The summed E-state index contributed by atoms with van der Waals surface area (Å²) in [6, 6.07) is 20.4. The van der Waals surface area contributed by atoms with Crippen molar-refractivity contribution in [3.63, 3.8) is 0 Å². The lowest BCUT2D eigenvalue weighted by Crippen LogP contribution is -2.26. The topological polar surface area (TPSA) is 89.7 Å². The van der Waals surface area contributed by atoms with E-state index in [1.54, 1.807) is 72.8 Å². The van der Waals surface area contributed by atoms with Gasteiger partial charge in [-0.15, -0.1) is 0 Å². The van der Waals surface area contributed by atoms with Gasteiger partial charge < -0.3 is 10.5 Å². The van der Waals surface area contributed by atoms with Crippen molar-refractivity contribution in [2.75, 3.05) is 11.4 Å². The molecule has 0 aromatic heterocycles. The van der Waals surface area contributed by atoms with Gasteiger partial charge in [-0.05, 0) is 61.0 Å². The highest BCUT2D eigenvalue weighted by atomic mass is 32.2. The lowest BCUT2D eigenvalue weighted by atomic mass is 10.1. The van der Waals surface area contributed by atoms with Crippen LogP contribution in [0.3, 0.4) is 0 Å². The molecular weight excluding hydrogens is 388 g/mol. The van der Waals surface area contributed by atoms with E-state index in [1.807, 2.05) is 6.92 Å². The van der Waals surface area contributed by atoms with Gasteiger partial charge in [0.15, 0.2) is 0 Å². The van der Waals surface area contributed by atoms with Gasteiger partial charge >= 0.3 is 0 Å². The number of nitrogens with two attached hydrogens (primary N) is 1. The molecule has 0 heterocycles. The van der Waals surface area contributed by atoms with E-state index in [9.17, 15) is 13.2 Å². The molecule has 0 aliphatic heterocycles. The number of hydrogen-bond acceptors (Lipinski definition) is 4. The second kappa shape index (κ2) is 8.36. The largest absolute Gasteiger partial charge is 0.489 e. The Hall–Kier alpha value is -3.32. The van der Waals surface area contributed by atoms with Gasteiger partial charge in [-0.1, -0.05) is 29.8 Å². The van der Waals surface area contributed by atoms with Crippen LogP contribution in [0, 0.1) is 6.92 Å². The minimum Gasteiger partial charge on any atom is -0.489 e. The summed E-state index contributed by atoms with van der Waals surface area (Å²) in [6.45, 7) is 2.22. The van der Waals surface area contributed by atoms with Crippen molar-refractivity contribution >= 4 is 21.6 Å². The number of hydrogen-bond donors (Lipinski definition) is 1. The lowest BCUT2D eigenvalue weighted by molar-refractivity contribution is 0.1000. The van der Waals surface area contributed by atoms with E-state index in [1.165, 1.54) is 11.4 Å². The molecule has 0 spiro atoms. The van der Waals surface area contributed by atoms with E-state index < -0.39 is 15.9 Å². The summed E-state index contributed by atoms with van der Waals surface area (Å²) in [4.78, 5) is 11.3. The molecule has 3 aromatic carbocycles. The fourth-order valence-electron chi connectivity index (χ4n) is 2.69. The number of ether oxygens (including phenoxy) is 1. The zero-order valence-corrected chi connectivity index (χ0v) is 17.0. The molecule has 0 aliphatic carbocycles. The van der Waals surface area contributed by atoms with Gasteiger partial charge in [-0.3, -0.25) is 9.10 Å². The predicted molar refractivity (Wildman–Crippen MR) is 113 cm³/mol. The number of amides is 1. The fourth-order valence-corrected chi connectivity index (χ4v) is 3.89. The molecule has 29 heavy (non-hydrogen) atoms. The SMILES string of the molecule is Cc1ccc(S(=O)(=O)N(C)c2ccc(OCc3ccc(C(N)=O)cc3)cc2)cc1. The van der Waals surface area contributed by atoms with Crippen molar-refractivity contribution in [2.24, 2.45) is 5.73 Å². The van der Waals surface area contributed by atoms with Crippen LogP contribution in [0.4, 0.5) is 5.69 Å². The lowest BCUT2D eigenvalue weighted by Gasteiger charge is -2.20. The van der Waals surface area contributed by atoms with E-state index in [0.717, 1.165) is 11.1 Å². The van der Waals surface area contributed by atoms with Gasteiger partial charge in [0.2, 0.25) is 5.91 Å². The third-order valence-electron chi connectivity index (χ3n) is 4.52. The third-order valence-corrected chi connectivity index (χ3v) is 6.32. The summed E-state index contributed by atoms with van der Waals surface area (Å²) in [5, 5.41) is 0. The smallest absolute Gasteiger partial charge is 0.264 e. The van der Waals surface area contributed by atoms with Gasteiger partial charge in [0, 0.05) is 12.6 Å². The number of aryl methyl sites for hydroxylation is 1. The minimum absolute atomic E-state index is 0.241. The predicted octanol–water partition coefficient (Wildman–Crippen LogP) is 3.50. The Balaban J connectivity index is 1.67. The highest BCUT2D eigenvalue weighted by molar-refractivity contribution is 7.92. The molecule has 3 aromatic rings. The average molecular weight is 410 g/mol. The summed E-state index contributed by atoms with van der Waals surface area (Å²) in [5.41, 5.74) is 8.08. The third kappa shape index (κ3) is 4.75. The van der Waals surface area contributed by atoms with Crippen molar-refractivity contribution in [3.05, 3.63) is 89.5 Å². The summed E-state index contributed by atoms with van der Waals surface area (Å²) in [7, 11) is -2.11. The molecule has 0 saturated carbocycles. The Kier molecular flexibility index (Phi) is 5.89. The molecular formula is C22H22N2O4S. The second-order valence-corrected chi connectivity index (χ2v) is 8.60. The Morgan fingerprint density at radius 3 is 2.07 bits per heavy atom. The van der Waals surface area contributed by atoms with Crippen LogP contribution in [0.2, 0.25) is 0 Å². The molecule has 1 amide bonds. The van der Waals surface area contributed by atoms with Crippen molar-refractivity contribution < 1.29 is 17.9 Å². The van der Waals surface area contributed by atoms with E-state index in [4.69, 9.17) is 10.5 Å². The zero-order valence-electron chi connectivity index (χ0n) is 16.2. The summed E-state index contributed by atoms with van der Waals surface area (Å²) >= 11 is 0. The van der Waals surface area contributed by atoms with Crippen molar-refractivity contribution in [1.29, 1.82) is 0 Å². The van der Waals surface area contributed by atoms with Crippen LogP contribution in [0.15, 0.2) is 77.7 Å². The van der Waals surface area contributed by atoms with Gasteiger partial charge in [0.05, 0.1) is 10.6 Å². The number of primary amides is 1. The molecule has 6 nitrogen and oxygen atoms in total. The molecule has 0 fully saturated rings. The zero-order chi connectivity index (χ0) is 21.0. The van der Waals surface area contributed by atoms with Crippen LogP contribution in [-0.2, 0) is 16.6 Å². The molecule has 7 heteroatoms. The molecule has 0 saturated heterocycles. The molecule has 0 radical (unpaired) electrons. The van der Waals surface area contributed by atoms with Crippen LogP contribution in [-0.4, -0.2) is 21.4 Å². The number of sulfonamides is 1. The molecule has 2 N–H and O–H groups in total. The Bertz CT molecular complexity index is 1090. The Morgan fingerprint density at radius 2 is 1.52 bits per heavy atom. The molecule has 3 rings (SSSR count). The quantitative estimate of drug-likeness (QED) is 0.646. The molecule has 0 bridgehead atoms. The van der Waals surface area contributed by atoms with Crippen molar-refractivity contribution in [1.82, 2.24) is 0 Å². The molecule has 0 unspecified atom stereocenters. The number of carbonyl (C=O) groups is 1. The maximum absolute atomic E-state index is 12.8. The van der Waals surface area contributed by atoms with Gasteiger partial charge in [-0.2, -0.15) is 0 Å². The standard InChI is InChI=1S/C22H22N2O4S/c1-16-3-13-21(14-4-16)29(26,27)24(2)19-9-11-20(12-10-19)28-15-17-5-7-18(8-6-17)22(23)25/h3-14H,15H2,1-2H3,(H2,23,25). The first-order valence-electron chi connectivity index (χ1n) is 8.94. The van der Waals surface area contributed by atoms with E-state index in [0.29, 0.717) is 23.6 Å². The highest BCUT2D eigenvalue weighted by Gasteiger charge is 2.21. The van der Waals surface area contributed by atoms with E-state index in [2.05, 4.69) is 0 Å². The fraction of sp³-hybridized carbons (Fsp3) is 0.136. The maximum atomic E-state index is 12.8. The van der Waals surface area contributed by atoms with Gasteiger partial charge in [-0.25, -0.2) is 8.42 Å². The normalized spacial score (nSPS) is 11.1. The summed E-state index contributed by atoms with van der Waals surface area (Å²) in [6.07, 6.45) is 0. The molecule has 150 valence electrons. The van der Waals surface area contributed by atoms with Crippen LogP contribution in [0.1, 0.15) is 21.5 Å². The Morgan fingerprint density at radius 1 is 0.931 bits per heavy atom. The molecule has 0 atom stereocenters. The van der Waals surface area contributed by atoms with E-state index in [-0.39, 0.29) is 4.90 Å². The van der Waals surface area contributed by atoms with Gasteiger partial charge in [0.25, 0.3) is 10.0 Å². The summed E-state index contributed by atoms with van der Waals surface area (Å²) < 4.78 is 32.5. The second-order valence-electron chi connectivity index (χ2n) is 6.63. The average Bonchev–Trinajstić information content (AvgIpc) is 2.72. The van der Waals surface area contributed by atoms with Crippen molar-refractivity contribution in [3.8, 4) is 5.75 Å². The number of benzene rings is 3. The number of anilines is 1. The highest BCUT2D eigenvalue weighted by Crippen LogP contribution is 2.25. The molecule has 0 aliphatic rings. The Labute approximate surface area is 170 Å². The van der Waals surface area contributed by atoms with Crippen molar-refractivity contribution in [2.45, 2.75) is 18.4 Å². The number of rotatable bonds is 7. The number of carbonyl (C=O) groups excluding carboxylic acids is 1. The van der Waals surface area contributed by atoms with E-state index >= 15 is 0 Å². The summed E-state index contributed by atoms with van der Waals surface area (Å²) in [5.74, 6) is 0.131. The first kappa shape index (κ1) is 20.4. The first-order chi connectivity index (χ1) is 13.8. The number of nitrogens with zero attached hydrogens (tertiary/aromatic N) is 1. The van der Waals surface area contributed by atoms with Crippen LogP contribution < -0.4 is 14.8 Å². The van der Waals surface area contributed by atoms with Crippen LogP contribution in [0.5, 0.6) is 5.75 Å². The van der Waals surface area contributed by atoms with Crippen LogP contribution >= 0.6 is 0 Å². The minimum atomic E-state index is -3.63.